The summed E-state index contributed by atoms with van der Waals surface area (Å²) < 4.78 is 1.74. The van der Waals surface area contributed by atoms with E-state index >= 15 is 0 Å². The van der Waals surface area contributed by atoms with Gasteiger partial charge in [0.1, 0.15) is 0 Å². The molecule has 6 heteroatoms. The fourth-order valence-corrected chi connectivity index (χ4v) is 1.76. The molecular weight excluding hydrogens is 276 g/mol. The van der Waals surface area contributed by atoms with Crippen molar-refractivity contribution < 1.29 is 4.79 Å². The van der Waals surface area contributed by atoms with Crippen LogP contribution >= 0.6 is 12.4 Å². The molecule has 0 radical (unpaired) electrons. The van der Waals surface area contributed by atoms with E-state index in [0.29, 0.717) is 6.42 Å². The molecule has 0 bridgehead atoms. The predicted octanol–water partition coefficient (Wildman–Crippen LogP) is 2.23. The van der Waals surface area contributed by atoms with Crippen LogP contribution in [0.2, 0.25) is 0 Å². The fourth-order valence-electron chi connectivity index (χ4n) is 1.76. The van der Waals surface area contributed by atoms with E-state index in [0.717, 1.165) is 24.3 Å². The van der Waals surface area contributed by atoms with Gasteiger partial charge in [0.2, 0.25) is 5.91 Å². The maximum Gasteiger partial charge on any atom is 0.224 e. The quantitative estimate of drug-likeness (QED) is 0.803. The van der Waals surface area contributed by atoms with Crippen molar-refractivity contribution in [1.82, 2.24) is 15.1 Å². The van der Waals surface area contributed by atoms with Crippen molar-refractivity contribution in [2.24, 2.45) is 0 Å². The van der Waals surface area contributed by atoms with Gasteiger partial charge in [0.25, 0.3) is 0 Å². The van der Waals surface area contributed by atoms with Gasteiger partial charge in [-0.2, -0.15) is 5.10 Å². The van der Waals surface area contributed by atoms with Crippen molar-refractivity contribution in [3.05, 3.63) is 42.7 Å². The van der Waals surface area contributed by atoms with Crippen LogP contribution in [0.4, 0.5) is 5.69 Å². The second kappa shape index (κ2) is 8.35. The number of hydrogen-bond donors (Lipinski definition) is 2. The predicted molar refractivity (Wildman–Crippen MR) is 82.6 cm³/mol. The molecule has 0 fully saturated rings. The van der Waals surface area contributed by atoms with E-state index < -0.39 is 0 Å². The van der Waals surface area contributed by atoms with E-state index in [1.54, 1.807) is 10.9 Å². The zero-order valence-corrected chi connectivity index (χ0v) is 12.2. The lowest BCUT2D eigenvalue weighted by Crippen LogP contribution is -2.14. The number of carbonyl (C=O) groups is 1. The van der Waals surface area contributed by atoms with Gasteiger partial charge in [0.15, 0.2) is 0 Å². The van der Waals surface area contributed by atoms with Gasteiger partial charge in [-0.15, -0.1) is 12.4 Å². The van der Waals surface area contributed by atoms with Crippen LogP contribution in [0.1, 0.15) is 12.8 Å². The van der Waals surface area contributed by atoms with Crippen molar-refractivity contribution >= 4 is 24.0 Å². The van der Waals surface area contributed by atoms with Gasteiger partial charge in [-0.3, -0.25) is 4.79 Å². The van der Waals surface area contributed by atoms with Crippen LogP contribution in [-0.2, 0) is 4.79 Å². The molecule has 20 heavy (non-hydrogen) atoms. The highest BCUT2D eigenvalue weighted by Gasteiger charge is 2.04. The van der Waals surface area contributed by atoms with E-state index in [9.17, 15) is 4.79 Å². The number of amides is 1. The Morgan fingerprint density at radius 3 is 2.75 bits per heavy atom. The zero-order valence-electron chi connectivity index (χ0n) is 11.4. The summed E-state index contributed by atoms with van der Waals surface area (Å²) in [7, 11) is 1.88. The minimum absolute atomic E-state index is 0. The van der Waals surface area contributed by atoms with Crippen LogP contribution in [0.25, 0.3) is 5.69 Å². The third-order valence-corrected chi connectivity index (χ3v) is 2.72. The summed E-state index contributed by atoms with van der Waals surface area (Å²) in [6, 6.07) is 9.79. The molecule has 2 N–H and O–H groups in total. The zero-order chi connectivity index (χ0) is 13.5. The highest BCUT2D eigenvalue weighted by Crippen LogP contribution is 2.11. The average molecular weight is 295 g/mol. The smallest absolute Gasteiger partial charge is 0.224 e. The normalized spacial score (nSPS) is 9.85. The highest BCUT2D eigenvalue weighted by atomic mass is 35.5. The van der Waals surface area contributed by atoms with Gasteiger partial charge in [-0.05, 0) is 32.1 Å². The highest BCUT2D eigenvalue weighted by molar-refractivity contribution is 5.90. The van der Waals surface area contributed by atoms with Crippen molar-refractivity contribution in [2.45, 2.75) is 12.8 Å². The lowest BCUT2D eigenvalue weighted by atomic mass is 10.3. The molecule has 0 aliphatic heterocycles. The first-order valence-electron chi connectivity index (χ1n) is 6.34. The van der Waals surface area contributed by atoms with Gasteiger partial charge in [-0.1, -0.05) is 18.2 Å². The van der Waals surface area contributed by atoms with E-state index in [2.05, 4.69) is 15.7 Å². The van der Waals surface area contributed by atoms with E-state index in [4.69, 9.17) is 0 Å². The molecule has 0 saturated heterocycles. The van der Waals surface area contributed by atoms with E-state index in [1.165, 1.54) is 0 Å². The third kappa shape index (κ3) is 4.68. The first-order valence-corrected chi connectivity index (χ1v) is 6.34. The minimum atomic E-state index is 0. The van der Waals surface area contributed by atoms with Crippen LogP contribution in [0.3, 0.4) is 0 Å². The van der Waals surface area contributed by atoms with Crippen LogP contribution in [0.15, 0.2) is 42.7 Å². The molecule has 2 aromatic rings. The van der Waals surface area contributed by atoms with Crippen LogP contribution in [-0.4, -0.2) is 29.3 Å². The van der Waals surface area contributed by atoms with Crippen molar-refractivity contribution in [3.63, 3.8) is 0 Å². The number of nitrogens with zero attached hydrogens (tertiary/aromatic N) is 2. The largest absolute Gasteiger partial charge is 0.323 e. The Labute approximate surface area is 124 Å². The molecule has 0 aliphatic rings. The molecule has 2 rings (SSSR count). The Hall–Kier alpha value is -1.85. The van der Waals surface area contributed by atoms with E-state index in [1.807, 2.05) is 43.6 Å². The first kappa shape index (κ1) is 16.2. The summed E-state index contributed by atoms with van der Waals surface area (Å²) in [5, 5.41) is 10.1. The number of aromatic nitrogens is 2. The van der Waals surface area contributed by atoms with Crippen molar-refractivity contribution in [3.8, 4) is 5.69 Å². The molecule has 0 atom stereocenters. The van der Waals surface area contributed by atoms with Gasteiger partial charge in [-0.25, -0.2) is 4.68 Å². The monoisotopic (exact) mass is 294 g/mol. The van der Waals surface area contributed by atoms with Crippen molar-refractivity contribution in [1.29, 1.82) is 0 Å². The molecule has 0 unspecified atom stereocenters. The SMILES string of the molecule is CNCCCC(=O)Nc1cnn(-c2ccccc2)c1.Cl. The Bertz CT molecular complexity index is 527. The Balaban J connectivity index is 0.00000200. The molecule has 0 saturated carbocycles. The molecule has 5 nitrogen and oxygen atoms in total. The Kier molecular flexibility index (Phi) is 6.76. The van der Waals surface area contributed by atoms with Gasteiger partial charge in [0, 0.05) is 6.42 Å². The number of carbonyl (C=O) groups excluding carboxylic acids is 1. The van der Waals surface area contributed by atoms with Crippen molar-refractivity contribution in [2.75, 3.05) is 18.9 Å². The number of anilines is 1. The third-order valence-electron chi connectivity index (χ3n) is 2.72. The molecule has 108 valence electrons. The standard InChI is InChI=1S/C14H18N4O.ClH/c1-15-9-5-8-14(19)17-12-10-16-18(11-12)13-6-3-2-4-7-13;/h2-4,6-7,10-11,15H,5,8-9H2,1H3,(H,17,19);1H. The van der Waals surface area contributed by atoms with Gasteiger partial charge in [0.05, 0.1) is 23.8 Å². The minimum Gasteiger partial charge on any atom is -0.323 e. The number of benzene rings is 1. The molecule has 1 amide bonds. The lowest BCUT2D eigenvalue weighted by molar-refractivity contribution is -0.116. The molecule has 1 aromatic heterocycles. The number of rotatable bonds is 6. The lowest BCUT2D eigenvalue weighted by Gasteiger charge is -2.02. The molecule has 0 aliphatic carbocycles. The van der Waals surface area contributed by atoms with Gasteiger partial charge >= 0.3 is 0 Å². The first-order chi connectivity index (χ1) is 9.29. The number of nitrogens with one attached hydrogen (secondary N) is 2. The molecule has 0 spiro atoms. The summed E-state index contributed by atoms with van der Waals surface area (Å²) >= 11 is 0. The summed E-state index contributed by atoms with van der Waals surface area (Å²) in [4.78, 5) is 11.7. The summed E-state index contributed by atoms with van der Waals surface area (Å²) in [5.74, 6) is 0.0165. The van der Waals surface area contributed by atoms with E-state index in [-0.39, 0.29) is 18.3 Å². The van der Waals surface area contributed by atoms with Crippen LogP contribution in [0.5, 0.6) is 0 Å². The maximum atomic E-state index is 11.7. The average Bonchev–Trinajstić information content (AvgIpc) is 2.88. The molecule has 1 aromatic carbocycles. The number of halogens is 1. The fraction of sp³-hybridized carbons (Fsp3) is 0.286. The second-order valence-corrected chi connectivity index (χ2v) is 4.26. The summed E-state index contributed by atoms with van der Waals surface area (Å²) in [5.41, 5.74) is 1.69. The number of hydrogen-bond acceptors (Lipinski definition) is 3. The van der Waals surface area contributed by atoms with Gasteiger partial charge < -0.3 is 10.6 Å². The van der Waals surface area contributed by atoms with Crippen LogP contribution in [0, 0.1) is 0 Å². The Morgan fingerprint density at radius 2 is 2.05 bits per heavy atom. The maximum absolute atomic E-state index is 11.7. The second-order valence-electron chi connectivity index (χ2n) is 4.26. The topological polar surface area (TPSA) is 59.0 Å². The van der Waals surface area contributed by atoms with Crippen LogP contribution < -0.4 is 10.6 Å². The number of para-hydroxylation sites is 1. The summed E-state index contributed by atoms with van der Waals surface area (Å²) in [6.07, 6.45) is 4.81. The molecular formula is C14H19ClN4O. The Morgan fingerprint density at radius 1 is 1.30 bits per heavy atom. The molecule has 1 heterocycles. The summed E-state index contributed by atoms with van der Waals surface area (Å²) in [6.45, 7) is 0.844.